The molecule has 504 valence electrons. The molecular formula is C66H84O26. The van der Waals surface area contributed by atoms with E-state index >= 15 is 0 Å². The Kier molecular flexibility index (Phi) is 22.9. The lowest BCUT2D eigenvalue weighted by Crippen LogP contribution is -2.60. The quantitative estimate of drug-likeness (QED) is 0.0344. The van der Waals surface area contributed by atoms with E-state index in [2.05, 4.69) is 0 Å². The van der Waals surface area contributed by atoms with Gasteiger partial charge in [0, 0.05) is 49.9 Å². The lowest BCUT2D eigenvalue weighted by molar-refractivity contribution is -0.274. The summed E-state index contributed by atoms with van der Waals surface area (Å²) in [6, 6.07) is 26.2. The molecule has 26 nitrogen and oxygen atoms in total. The van der Waals surface area contributed by atoms with Crippen LogP contribution >= 0.6 is 0 Å². The highest BCUT2D eigenvalue weighted by atomic mass is 16.7. The fourth-order valence-corrected chi connectivity index (χ4v) is 13.2. The molecule has 10 N–H and O–H groups in total. The van der Waals surface area contributed by atoms with Gasteiger partial charge in [-0.1, -0.05) is 30.3 Å². The molecule has 5 saturated heterocycles. The highest BCUT2D eigenvalue weighted by Gasteiger charge is 2.51. The first kappa shape index (κ1) is 68.5. The number of aliphatic hydroxyl groups is 10. The van der Waals surface area contributed by atoms with Gasteiger partial charge in [0.15, 0.2) is 63.6 Å². The molecule has 26 heteroatoms. The number of rotatable bonds is 28. The van der Waals surface area contributed by atoms with Crippen LogP contribution in [0.3, 0.4) is 0 Å². The van der Waals surface area contributed by atoms with E-state index in [1.54, 1.807) is 73.8 Å². The minimum absolute atomic E-state index is 0.0149. The second-order valence-electron chi connectivity index (χ2n) is 23.3. The fourth-order valence-electron chi connectivity index (χ4n) is 13.2. The first-order valence-corrected chi connectivity index (χ1v) is 30.3. The summed E-state index contributed by atoms with van der Waals surface area (Å²) in [5.74, 6) is 1.24. The summed E-state index contributed by atoms with van der Waals surface area (Å²) in [5, 5.41) is 107. The van der Waals surface area contributed by atoms with E-state index in [9.17, 15) is 51.1 Å². The van der Waals surface area contributed by atoms with Crippen molar-refractivity contribution >= 4 is 0 Å². The highest BCUT2D eigenvalue weighted by Crippen LogP contribution is 2.54. The van der Waals surface area contributed by atoms with Gasteiger partial charge >= 0.3 is 0 Å². The summed E-state index contributed by atoms with van der Waals surface area (Å²) in [4.78, 5) is 0. The minimum Gasteiger partial charge on any atom is -0.493 e. The number of ether oxygens (including phenoxy) is 16. The molecule has 5 aromatic carbocycles. The van der Waals surface area contributed by atoms with Crippen molar-refractivity contribution in [2.75, 3.05) is 109 Å². The van der Waals surface area contributed by atoms with E-state index < -0.39 is 117 Å². The Labute approximate surface area is 532 Å². The molecule has 5 fully saturated rings. The second-order valence-corrected chi connectivity index (χ2v) is 23.3. The van der Waals surface area contributed by atoms with Crippen LogP contribution in [0.1, 0.15) is 58.3 Å². The number of aliphatic hydroxyl groups excluding tert-OH is 10. The van der Waals surface area contributed by atoms with Crippen molar-refractivity contribution in [1.82, 2.24) is 0 Å². The van der Waals surface area contributed by atoms with Crippen LogP contribution in [0.25, 0.3) is 0 Å². The highest BCUT2D eigenvalue weighted by molar-refractivity contribution is 5.52. The van der Waals surface area contributed by atoms with Crippen molar-refractivity contribution in [3.8, 4) is 57.5 Å². The summed E-state index contributed by atoms with van der Waals surface area (Å²) in [7, 11) is 10.3. The Hall–Kier alpha value is -6.38. The molecule has 5 aliphatic rings. The van der Waals surface area contributed by atoms with Crippen molar-refractivity contribution < 1.29 is 127 Å². The van der Waals surface area contributed by atoms with Gasteiger partial charge in [-0.05, 0) is 88.5 Å². The van der Waals surface area contributed by atoms with Crippen molar-refractivity contribution in [2.24, 2.45) is 29.6 Å². The van der Waals surface area contributed by atoms with E-state index in [-0.39, 0.29) is 62.0 Å². The Morgan fingerprint density at radius 1 is 0.435 bits per heavy atom. The van der Waals surface area contributed by atoms with Crippen LogP contribution in [0, 0.1) is 29.6 Å². The number of benzene rings is 5. The SMILES string of the molecule is COc1ccc(C(O)C(CO)Oc2ccc(C3OCC4C(c5ccc(Oc6ccc(C7OC(c8ccc(OC9OC(CO)C(COCC%10OC(CO)C(OC)C(O)C%10O)C(O)C9O)c(OC)c8)C(CO)C7CO)cc6OC)c(OC)c5)OCC34)cc2OC)cc1OC. The van der Waals surface area contributed by atoms with Gasteiger partial charge in [0.05, 0.1) is 126 Å². The van der Waals surface area contributed by atoms with Crippen LogP contribution in [-0.2, 0) is 33.2 Å². The molecule has 20 atom stereocenters. The van der Waals surface area contributed by atoms with Gasteiger partial charge in [0.25, 0.3) is 0 Å². The van der Waals surface area contributed by atoms with Crippen LogP contribution in [0.4, 0.5) is 0 Å². The average molecular weight is 1290 g/mol. The monoisotopic (exact) mass is 1290 g/mol. The summed E-state index contributed by atoms with van der Waals surface area (Å²) >= 11 is 0. The first-order chi connectivity index (χ1) is 44.6. The van der Waals surface area contributed by atoms with E-state index in [0.717, 1.165) is 11.1 Å². The molecule has 0 spiro atoms. The van der Waals surface area contributed by atoms with Crippen molar-refractivity contribution in [3.05, 3.63) is 119 Å². The molecule has 0 aromatic heterocycles. The molecule has 5 aliphatic heterocycles. The molecule has 0 amide bonds. The van der Waals surface area contributed by atoms with Gasteiger partial charge in [0.1, 0.15) is 42.7 Å². The Bertz CT molecular complexity index is 3200. The zero-order valence-corrected chi connectivity index (χ0v) is 52.1. The predicted octanol–water partition coefficient (Wildman–Crippen LogP) is 3.06. The van der Waals surface area contributed by atoms with Crippen molar-refractivity contribution in [2.45, 2.75) is 91.7 Å². The lowest BCUT2D eigenvalue weighted by Gasteiger charge is -2.43. The molecule has 0 aliphatic carbocycles. The Balaban J connectivity index is 0.768. The first-order valence-electron chi connectivity index (χ1n) is 30.3. The van der Waals surface area contributed by atoms with Crippen molar-refractivity contribution in [1.29, 1.82) is 0 Å². The maximum Gasteiger partial charge on any atom is 0.229 e. The van der Waals surface area contributed by atoms with Gasteiger partial charge in [-0.3, -0.25) is 0 Å². The Morgan fingerprint density at radius 3 is 1.41 bits per heavy atom. The van der Waals surface area contributed by atoms with Crippen molar-refractivity contribution in [3.63, 3.8) is 0 Å². The molecule has 10 rings (SSSR count). The minimum atomic E-state index is -1.65. The standard InChI is InChI=1S/C66H84O26/c1-77-42-13-8-32(18-47(42)78-2)56(72)53(26-70)88-45-15-10-34(20-49(45)80-4)62-40-30-85-61(39(40)29-86-62)33-9-14-43(48(19-33)79-3)87-44-16-11-35(21-50(44)81-5)63-37(23-67)38(24-68)64(92-63)36-12-17-46(51(22-36)82-6)90-66-60(76)57(73)41(52(25-69)91-66)28-84-31-55-58(74)59(75)65(83-7)54(27-71)89-55/h8-22,37-41,52-76H,23-31H2,1-7H3. The van der Waals surface area contributed by atoms with Gasteiger partial charge < -0.3 is 127 Å². The molecule has 5 heterocycles. The molecular weight excluding hydrogens is 1210 g/mol. The molecule has 0 radical (unpaired) electrons. The summed E-state index contributed by atoms with van der Waals surface area (Å²) in [6.07, 6.45) is -16.0. The number of fused-ring (bicyclic) bond motifs is 1. The van der Waals surface area contributed by atoms with E-state index in [1.807, 2.05) is 24.3 Å². The molecule has 20 unspecified atom stereocenters. The van der Waals surface area contributed by atoms with E-state index in [4.69, 9.17) is 75.8 Å². The summed E-state index contributed by atoms with van der Waals surface area (Å²) in [6.45, 7) is -1.99. The molecule has 0 bridgehead atoms. The Morgan fingerprint density at radius 2 is 0.913 bits per heavy atom. The van der Waals surface area contributed by atoms with Gasteiger partial charge in [-0.2, -0.15) is 0 Å². The van der Waals surface area contributed by atoms with Crippen LogP contribution in [-0.4, -0.2) is 222 Å². The molecule has 92 heavy (non-hydrogen) atoms. The van der Waals surface area contributed by atoms with E-state index in [1.165, 1.54) is 42.7 Å². The molecule has 5 aromatic rings. The lowest BCUT2D eigenvalue weighted by atomic mass is 9.83. The van der Waals surface area contributed by atoms with E-state index in [0.29, 0.717) is 75.9 Å². The smallest absolute Gasteiger partial charge is 0.229 e. The van der Waals surface area contributed by atoms with Crippen LogP contribution < -0.4 is 42.6 Å². The predicted molar refractivity (Wildman–Crippen MR) is 321 cm³/mol. The zero-order valence-electron chi connectivity index (χ0n) is 52.1. The summed E-state index contributed by atoms with van der Waals surface area (Å²) in [5.41, 5.74) is 3.36. The zero-order chi connectivity index (χ0) is 65.5. The fraction of sp³-hybridized carbons (Fsp3) is 0.545. The molecule has 0 saturated carbocycles. The van der Waals surface area contributed by atoms with Crippen LogP contribution in [0.15, 0.2) is 91.0 Å². The van der Waals surface area contributed by atoms with Crippen LogP contribution in [0.5, 0.6) is 57.5 Å². The topological polar surface area (TPSA) is 350 Å². The van der Waals surface area contributed by atoms with Gasteiger partial charge in [0.2, 0.25) is 6.29 Å². The normalized spacial score (nSPS) is 30.9. The summed E-state index contributed by atoms with van der Waals surface area (Å²) < 4.78 is 95.0. The third-order valence-electron chi connectivity index (χ3n) is 18.3. The third kappa shape index (κ3) is 13.9. The average Bonchev–Trinajstić information content (AvgIpc) is 1.60. The van der Waals surface area contributed by atoms with Crippen LogP contribution in [0.2, 0.25) is 0 Å². The van der Waals surface area contributed by atoms with Gasteiger partial charge in [-0.15, -0.1) is 0 Å². The number of methoxy groups -OCH3 is 7. The third-order valence-corrected chi connectivity index (χ3v) is 18.3. The maximum absolute atomic E-state index is 11.3. The second kappa shape index (κ2) is 30.8. The number of hydrogen-bond donors (Lipinski definition) is 10. The maximum atomic E-state index is 11.3. The largest absolute Gasteiger partial charge is 0.493 e. The number of hydrogen-bond acceptors (Lipinski definition) is 26. The van der Waals surface area contributed by atoms with Gasteiger partial charge in [-0.25, -0.2) is 0 Å².